The van der Waals surface area contributed by atoms with Gasteiger partial charge in [0.15, 0.2) is 5.82 Å². The lowest BCUT2D eigenvalue weighted by Gasteiger charge is -2.07. The predicted molar refractivity (Wildman–Crippen MR) is 101 cm³/mol. The third-order valence-electron chi connectivity index (χ3n) is 3.61. The molecule has 0 unspecified atom stereocenters. The fourth-order valence-corrected chi connectivity index (χ4v) is 2.43. The van der Waals surface area contributed by atoms with Crippen LogP contribution in [0.5, 0.6) is 0 Å². The number of nitrogens with one attached hydrogen (secondary N) is 2. The Morgan fingerprint density at radius 2 is 1.50 bits per heavy atom. The Morgan fingerprint density at radius 3 is 2.12 bits per heavy atom. The van der Waals surface area contributed by atoms with Gasteiger partial charge in [-0.25, -0.2) is 9.97 Å². The Labute approximate surface area is 151 Å². The van der Waals surface area contributed by atoms with Gasteiger partial charge in [0.2, 0.25) is 11.8 Å². The highest BCUT2D eigenvalue weighted by Crippen LogP contribution is 2.15. The quantitative estimate of drug-likeness (QED) is 0.742. The van der Waals surface area contributed by atoms with Crippen molar-refractivity contribution in [1.82, 2.24) is 9.97 Å². The molecule has 0 bridgehead atoms. The van der Waals surface area contributed by atoms with E-state index in [9.17, 15) is 9.59 Å². The molecular weight excluding hydrogens is 328 g/mol. The van der Waals surface area contributed by atoms with E-state index in [2.05, 4.69) is 20.6 Å². The van der Waals surface area contributed by atoms with Crippen LogP contribution in [0.25, 0.3) is 11.4 Å². The van der Waals surface area contributed by atoms with Gasteiger partial charge in [0.1, 0.15) is 0 Å². The number of rotatable bonds is 5. The smallest absolute Gasteiger partial charge is 0.228 e. The molecule has 0 radical (unpaired) electrons. The molecule has 1 heterocycles. The first-order chi connectivity index (χ1) is 12.6. The average Bonchev–Trinajstić information content (AvgIpc) is 2.64. The van der Waals surface area contributed by atoms with E-state index in [0.29, 0.717) is 17.2 Å². The minimum atomic E-state index is -0.159. The van der Waals surface area contributed by atoms with Crippen molar-refractivity contribution in [2.75, 3.05) is 10.6 Å². The van der Waals surface area contributed by atoms with Gasteiger partial charge >= 0.3 is 0 Å². The minimum absolute atomic E-state index is 0.130. The average molecular weight is 346 g/mol. The van der Waals surface area contributed by atoms with E-state index in [-0.39, 0.29) is 18.2 Å². The predicted octanol–water partition coefficient (Wildman–Crippen LogP) is 3.28. The van der Waals surface area contributed by atoms with Crippen LogP contribution in [-0.4, -0.2) is 21.8 Å². The summed E-state index contributed by atoms with van der Waals surface area (Å²) in [5.74, 6) is 0.319. The zero-order chi connectivity index (χ0) is 18.4. The van der Waals surface area contributed by atoms with Gasteiger partial charge in [-0.1, -0.05) is 42.5 Å². The molecule has 0 spiro atoms. The Morgan fingerprint density at radius 1 is 0.846 bits per heavy atom. The molecule has 0 fully saturated rings. The zero-order valence-electron chi connectivity index (χ0n) is 14.3. The van der Waals surface area contributed by atoms with E-state index in [0.717, 1.165) is 11.1 Å². The van der Waals surface area contributed by atoms with Crippen molar-refractivity contribution in [3.8, 4) is 11.4 Å². The summed E-state index contributed by atoms with van der Waals surface area (Å²) in [4.78, 5) is 31.7. The van der Waals surface area contributed by atoms with Crippen LogP contribution >= 0.6 is 0 Å². The van der Waals surface area contributed by atoms with Crippen LogP contribution in [0.4, 0.5) is 11.4 Å². The summed E-state index contributed by atoms with van der Waals surface area (Å²) in [7, 11) is 0. The maximum absolute atomic E-state index is 12.2. The summed E-state index contributed by atoms with van der Waals surface area (Å²) in [6.45, 7) is 1.45. The summed E-state index contributed by atoms with van der Waals surface area (Å²) >= 11 is 0. The zero-order valence-corrected chi connectivity index (χ0v) is 14.3. The molecule has 6 nitrogen and oxygen atoms in total. The van der Waals surface area contributed by atoms with Crippen LogP contribution in [0.2, 0.25) is 0 Å². The normalized spacial score (nSPS) is 10.2. The molecular formula is C20H18N4O2. The summed E-state index contributed by atoms with van der Waals surface area (Å²) in [6.07, 6.45) is 3.40. The molecule has 0 atom stereocenters. The number of nitrogens with zero attached hydrogens (tertiary/aromatic N) is 2. The van der Waals surface area contributed by atoms with Gasteiger partial charge in [0, 0.05) is 18.2 Å². The second kappa shape index (κ2) is 8.02. The van der Waals surface area contributed by atoms with Gasteiger partial charge < -0.3 is 10.6 Å². The molecule has 0 aliphatic heterocycles. The standard InChI is InChI=1S/C20H18N4O2/c1-14(25)23-17-9-7-15(8-10-17)11-19(26)24-18-12-21-20(22-13-18)16-5-3-2-4-6-16/h2-10,12-13H,11H2,1H3,(H,23,25)(H,24,26). The van der Waals surface area contributed by atoms with Gasteiger partial charge in [-0.2, -0.15) is 0 Å². The summed E-state index contributed by atoms with van der Waals surface area (Å²) in [5, 5.41) is 5.47. The SMILES string of the molecule is CC(=O)Nc1ccc(CC(=O)Nc2cnc(-c3ccccc3)nc2)cc1. The third kappa shape index (κ3) is 4.73. The number of aromatic nitrogens is 2. The van der Waals surface area contributed by atoms with E-state index in [1.807, 2.05) is 30.3 Å². The highest BCUT2D eigenvalue weighted by Gasteiger charge is 2.06. The fraction of sp³-hybridized carbons (Fsp3) is 0.100. The lowest BCUT2D eigenvalue weighted by atomic mass is 10.1. The second-order valence-corrected chi connectivity index (χ2v) is 5.76. The first-order valence-electron chi connectivity index (χ1n) is 8.14. The monoisotopic (exact) mass is 346 g/mol. The molecule has 1 aromatic heterocycles. The highest BCUT2D eigenvalue weighted by atomic mass is 16.2. The molecule has 0 aliphatic carbocycles. The number of hydrogen-bond donors (Lipinski definition) is 2. The van der Waals surface area contributed by atoms with Crippen molar-refractivity contribution >= 4 is 23.2 Å². The molecule has 26 heavy (non-hydrogen) atoms. The topological polar surface area (TPSA) is 84.0 Å². The second-order valence-electron chi connectivity index (χ2n) is 5.76. The molecule has 2 aromatic carbocycles. The molecule has 6 heteroatoms. The van der Waals surface area contributed by atoms with E-state index in [4.69, 9.17) is 0 Å². The van der Waals surface area contributed by atoms with Crippen molar-refractivity contribution in [1.29, 1.82) is 0 Å². The van der Waals surface area contributed by atoms with E-state index >= 15 is 0 Å². The highest BCUT2D eigenvalue weighted by molar-refractivity contribution is 5.92. The van der Waals surface area contributed by atoms with Crippen LogP contribution in [0.15, 0.2) is 67.0 Å². The first kappa shape index (κ1) is 17.3. The Kier molecular flexibility index (Phi) is 5.34. The Hall–Kier alpha value is -3.54. The Bertz CT molecular complexity index is 891. The summed E-state index contributed by atoms with van der Waals surface area (Å²) in [6, 6.07) is 16.8. The number of benzene rings is 2. The maximum atomic E-state index is 12.2. The van der Waals surface area contributed by atoms with Crippen LogP contribution in [0, 0.1) is 0 Å². The molecule has 2 N–H and O–H groups in total. The lowest BCUT2D eigenvalue weighted by molar-refractivity contribution is -0.116. The van der Waals surface area contributed by atoms with Crippen molar-refractivity contribution in [2.45, 2.75) is 13.3 Å². The third-order valence-corrected chi connectivity index (χ3v) is 3.61. The maximum Gasteiger partial charge on any atom is 0.228 e. The largest absolute Gasteiger partial charge is 0.326 e. The van der Waals surface area contributed by atoms with E-state index in [1.54, 1.807) is 36.7 Å². The molecule has 2 amide bonds. The lowest BCUT2D eigenvalue weighted by Crippen LogP contribution is -2.15. The van der Waals surface area contributed by atoms with Gasteiger partial charge in [-0.3, -0.25) is 9.59 Å². The number of amides is 2. The minimum Gasteiger partial charge on any atom is -0.326 e. The van der Waals surface area contributed by atoms with E-state index in [1.165, 1.54) is 6.92 Å². The molecule has 3 aromatic rings. The molecule has 0 aliphatic rings. The number of anilines is 2. The molecule has 130 valence electrons. The summed E-state index contributed by atoms with van der Waals surface area (Å²) < 4.78 is 0. The van der Waals surface area contributed by atoms with Gasteiger partial charge in [-0.15, -0.1) is 0 Å². The van der Waals surface area contributed by atoms with Crippen molar-refractivity contribution in [3.05, 3.63) is 72.6 Å². The van der Waals surface area contributed by atoms with Gasteiger partial charge in [0.05, 0.1) is 24.5 Å². The number of hydrogen-bond acceptors (Lipinski definition) is 4. The van der Waals surface area contributed by atoms with Gasteiger partial charge in [0.25, 0.3) is 0 Å². The Balaban J connectivity index is 1.58. The van der Waals surface area contributed by atoms with E-state index < -0.39 is 0 Å². The first-order valence-corrected chi connectivity index (χ1v) is 8.14. The number of carbonyl (C=O) groups is 2. The van der Waals surface area contributed by atoms with Gasteiger partial charge in [-0.05, 0) is 17.7 Å². The van der Waals surface area contributed by atoms with Crippen molar-refractivity contribution in [3.63, 3.8) is 0 Å². The number of carbonyl (C=O) groups excluding carboxylic acids is 2. The van der Waals surface area contributed by atoms with Crippen molar-refractivity contribution in [2.24, 2.45) is 0 Å². The fourth-order valence-electron chi connectivity index (χ4n) is 2.43. The van der Waals surface area contributed by atoms with Crippen LogP contribution < -0.4 is 10.6 Å². The van der Waals surface area contributed by atoms with Crippen LogP contribution in [0.3, 0.4) is 0 Å². The van der Waals surface area contributed by atoms with Crippen LogP contribution in [-0.2, 0) is 16.0 Å². The molecule has 0 saturated carbocycles. The molecule has 3 rings (SSSR count). The molecule has 0 saturated heterocycles. The van der Waals surface area contributed by atoms with Crippen LogP contribution in [0.1, 0.15) is 12.5 Å². The van der Waals surface area contributed by atoms with Crippen molar-refractivity contribution < 1.29 is 9.59 Å². The summed E-state index contributed by atoms with van der Waals surface area (Å²) in [5.41, 5.74) is 3.01.